The number of hydrogen-bond acceptors (Lipinski definition) is 6. The molecule has 0 saturated heterocycles. The lowest BCUT2D eigenvalue weighted by Gasteiger charge is -2.30. The Balaban J connectivity index is 1.11. The lowest BCUT2D eigenvalue weighted by molar-refractivity contribution is -0.121. The van der Waals surface area contributed by atoms with Crippen molar-refractivity contribution in [3.05, 3.63) is 71.4 Å². The predicted octanol–water partition coefficient (Wildman–Crippen LogP) is 5.30. The van der Waals surface area contributed by atoms with Crippen molar-refractivity contribution in [2.24, 2.45) is 0 Å². The maximum Gasteiger partial charge on any atom is 0.225 e. The SMILES string of the molecule is CN(C)c1nc(NC2CCC(NC(=O)Cc3cccc(Oc4ccccc4)c3)CC2)nc2c1CCCC2. The lowest BCUT2D eigenvalue weighted by Crippen LogP contribution is -2.41. The van der Waals surface area contributed by atoms with Gasteiger partial charge in [0.1, 0.15) is 17.3 Å². The Morgan fingerprint density at radius 2 is 1.65 bits per heavy atom. The molecule has 2 aliphatic carbocycles. The van der Waals surface area contributed by atoms with Crippen LogP contribution in [0.1, 0.15) is 55.3 Å². The van der Waals surface area contributed by atoms with Gasteiger partial charge in [-0.1, -0.05) is 30.3 Å². The molecule has 0 bridgehead atoms. The first kappa shape index (κ1) is 25.1. The number of amides is 1. The van der Waals surface area contributed by atoms with Crippen LogP contribution < -0.4 is 20.3 Å². The Labute approximate surface area is 219 Å². The maximum atomic E-state index is 12.8. The van der Waals surface area contributed by atoms with E-state index in [1.807, 2.05) is 54.6 Å². The van der Waals surface area contributed by atoms with Gasteiger partial charge in [0, 0.05) is 31.7 Å². The number of rotatable bonds is 8. The predicted molar refractivity (Wildman–Crippen MR) is 147 cm³/mol. The molecule has 7 nitrogen and oxygen atoms in total. The van der Waals surface area contributed by atoms with E-state index in [1.54, 1.807) is 0 Å². The zero-order valence-electron chi connectivity index (χ0n) is 21.9. The molecule has 5 rings (SSSR count). The van der Waals surface area contributed by atoms with Crippen molar-refractivity contribution in [2.75, 3.05) is 24.3 Å². The molecule has 2 aliphatic rings. The van der Waals surface area contributed by atoms with Gasteiger partial charge in [-0.05, 0) is 81.2 Å². The smallest absolute Gasteiger partial charge is 0.225 e. The average molecular weight is 500 g/mol. The largest absolute Gasteiger partial charge is 0.457 e. The van der Waals surface area contributed by atoms with E-state index < -0.39 is 0 Å². The van der Waals surface area contributed by atoms with E-state index in [0.29, 0.717) is 12.5 Å². The van der Waals surface area contributed by atoms with Gasteiger partial charge < -0.3 is 20.3 Å². The molecule has 1 heterocycles. The molecule has 2 N–H and O–H groups in total. The van der Waals surface area contributed by atoms with Crippen molar-refractivity contribution in [3.63, 3.8) is 0 Å². The second-order valence-corrected chi connectivity index (χ2v) is 10.4. The number of carbonyl (C=O) groups excluding carboxylic acids is 1. The maximum absolute atomic E-state index is 12.8. The summed E-state index contributed by atoms with van der Waals surface area (Å²) < 4.78 is 5.91. The minimum atomic E-state index is 0.0573. The van der Waals surface area contributed by atoms with E-state index in [2.05, 4.69) is 29.6 Å². The molecule has 2 aromatic carbocycles. The second kappa shape index (κ2) is 11.6. The van der Waals surface area contributed by atoms with Crippen molar-refractivity contribution in [1.82, 2.24) is 15.3 Å². The van der Waals surface area contributed by atoms with Gasteiger partial charge in [-0.15, -0.1) is 0 Å². The molecule has 0 radical (unpaired) electrons. The number of anilines is 2. The highest BCUT2D eigenvalue weighted by molar-refractivity contribution is 5.79. The molecule has 0 unspecified atom stereocenters. The first-order valence-electron chi connectivity index (χ1n) is 13.5. The molecule has 3 aromatic rings. The molecule has 1 aromatic heterocycles. The van der Waals surface area contributed by atoms with Gasteiger partial charge in [-0.25, -0.2) is 4.98 Å². The summed E-state index contributed by atoms with van der Waals surface area (Å²) in [6.45, 7) is 0. The van der Waals surface area contributed by atoms with Crippen LogP contribution in [0.15, 0.2) is 54.6 Å². The van der Waals surface area contributed by atoms with E-state index in [4.69, 9.17) is 14.7 Å². The monoisotopic (exact) mass is 499 g/mol. The van der Waals surface area contributed by atoms with Crippen molar-refractivity contribution < 1.29 is 9.53 Å². The Morgan fingerprint density at radius 3 is 2.43 bits per heavy atom. The van der Waals surface area contributed by atoms with Crippen molar-refractivity contribution in [1.29, 1.82) is 0 Å². The van der Waals surface area contributed by atoms with Crippen LogP contribution in [0.25, 0.3) is 0 Å². The third-order valence-corrected chi connectivity index (χ3v) is 7.25. The summed E-state index contributed by atoms with van der Waals surface area (Å²) in [5.74, 6) is 3.38. The first-order chi connectivity index (χ1) is 18.0. The fourth-order valence-corrected chi connectivity index (χ4v) is 5.38. The highest BCUT2D eigenvalue weighted by Crippen LogP contribution is 2.29. The van der Waals surface area contributed by atoms with Crippen LogP contribution in [0.2, 0.25) is 0 Å². The number of ether oxygens (including phenoxy) is 1. The van der Waals surface area contributed by atoms with Crippen LogP contribution in [0.3, 0.4) is 0 Å². The third-order valence-electron chi connectivity index (χ3n) is 7.25. The molecule has 0 aliphatic heterocycles. The zero-order chi connectivity index (χ0) is 25.6. The molecule has 194 valence electrons. The summed E-state index contributed by atoms with van der Waals surface area (Å²) in [6, 6.07) is 18.0. The van der Waals surface area contributed by atoms with E-state index >= 15 is 0 Å². The van der Waals surface area contributed by atoms with Crippen molar-refractivity contribution in [2.45, 2.75) is 69.9 Å². The molecule has 1 amide bonds. The highest BCUT2D eigenvalue weighted by Gasteiger charge is 2.25. The minimum Gasteiger partial charge on any atom is -0.457 e. The molecule has 37 heavy (non-hydrogen) atoms. The van der Waals surface area contributed by atoms with Crippen molar-refractivity contribution in [3.8, 4) is 11.5 Å². The second-order valence-electron chi connectivity index (χ2n) is 10.4. The van der Waals surface area contributed by atoms with Crippen LogP contribution in [0.5, 0.6) is 11.5 Å². The number of benzene rings is 2. The van der Waals surface area contributed by atoms with Crippen LogP contribution in [-0.2, 0) is 24.1 Å². The van der Waals surface area contributed by atoms with E-state index in [1.165, 1.54) is 24.1 Å². The fraction of sp³-hybridized carbons (Fsp3) is 0.433. The highest BCUT2D eigenvalue weighted by atomic mass is 16.5. The normalized spacial score (nSPS) is 19.0. The number of carbonyl (C=O) groups is 1. The van der Waals surface area contributed by atoms with Crippen molar-refractivity contribution >= 4 is 17.7 Å². The molecule has 7 heteroatoms. The van der Waals surface area contributed by atoms with Crippen LogP contribution in [0.4, 0.5) is 11.8 Å². The Hall–Kier alpha value is -3.61. The molecule has 1 fully saturated rings. The standard InChI is InChI=1S/C30H37N5O2/c1-35(2)29-26-13-6-7-14-27(26)33-30(34-29)32-23-17-15-22(16-18-23)31-28(36)20-21-9-8-12-25(19-21)37-24-10-4-3-5-11-24/h3-5,8-12,19,22-23H,6-7,13-18,20H2,1-2H3,(H,31,36)(H,32,33,34). The van der Waals surface area contributed by atoms with Gasteiger partial charge in [0.2, 0.25) is 11.9 Å². The summed E-state index contributed by atoms with van der Waals surface area (Å²) in [6.07, 6.45) is 8.74. The number of aryl methyl sites for hydroxylation is 1. The minimum absolute atomic E-state index is 0.0573. The van der Waals surface area contributed by atoms with E-state index in [0.717, 1.165) is 67.4 Å². The topological polar surface area (TPSA) is 79.4 Å². The number of nitrogens with one attached hydrogen (secondary N) is 2. The number of aromatic nitrogens is 2. The number of hydrogen-bond donors (Lipinski definition) is 2. The summed E-state index contributed by atoms with van der Waals surface area (Å²) >= 11 is 0. The zero-order valence-corrected chi connectivity index (χ0v) is 21.9. The van der Waals surface area contributed by atoms with E-state index in [9.17, 15) is 4.79 Å². The van der Waals surface area contributed by atoms with Crippen LogP contribution in [0, 0.1) is 0 Å². The molecule has 0 spiro atoms. The van der Waals surface area contributed by atoms with E-state index in [-0.39, 0.29) is 11.9 Å². The van der Waals surface area contributed by atoms with Gasteiger partial charge in [0.05, 0.1) is 12.1 Å². The molecule has 0 atom stereocenters. The number of para-hydroxylation sites is 1. The van der Waals surface area contributed by atoms with Gasteiger partial charge >= 0.3 is 0 Å². The first-order valence-corrected chi connectivity index (χ1v) is 13.5. The molecule has 1 saturated carbocycles. The number of nitrogens with zero attached hydrogens (tertiary/aromatic N) is 3. The van der Waals surface area contributed by atoms with Crippen LogP contribution >= 0.6 is 0 Å². The summed E-state index contributed by atoms with van der Waals surface area (Å²) in [4.78, 5) is 24.6. The average Bonchev–Trinajstić information content (AvgIpc) is 2.90. The third kappa shape index (κ3) is 6.59. The molecular weight excluding hydrogens is 462 g/mol. The van der Waals surface area contributed by atoms with Gasteiger partial charge in [-0.2, -0.15) is 4.98 Å². The summed E-state index contributed by atoms with van der Waals surface area (Å²) in [7, 11) is 4.11. The van der Waals surface area contributed by atoms with Gasteiger partial charge in [0.15, 0.2) is 0 Å². The van der Waals surface area contributed by atoms with Crippen LogP contribution in [-0.4, -0.2) is 42.1 Å². The quantitative estimate of drug-likeness (QED) is 0.438. The van der Waals surface area contributed by atoms with Gasteiger partial charge in [0.25, 0.3) is 0 Å². The Morgan fingerprint density at radius 1 is 0.919 bits per heavy atom. The molecular formula is C30H37N5O2. The fourth-order valence-electron chi connectivity index (χ4n) is 5.38. The lowest BCUT2D eigenvalue weighted by atomic mass is 9.91. The summed E-state index contributed by atoms with van der Waals surface area (Å²) in [5.41, 5.74) is 3.46. The number of fused-ring (bicyclic) bond motifs is 1. The van der Waals surface area contributed by atoms with Gasteiger partial charge in [-0.3, -0.25) is 4.79 Å². The Kier molecular flexibility index (Phi) is 7.87. The Bertz CT molecular complexity index is 1210. The summed E-state index contributed by atoms with van der Waals surface area (Å²) in [5, 5.41) is 6.83.